The van der Waals surface area contributed by atoms with Gasteiger partial charge in [-0.15, -0.1) is 0 Å². The predicted molar refractivity (Wildman–Crippen MR) is 208 cm³/mol. The molecule has 0 aliphatic heterocycles. The predicted octanol–water partition coefficient (Wildman–Crippen LogP) is 12.4. The fourth-order valence-corrected chi connectivity index (χ4v) is 6.30. The zero-order valence-corrected chi connectivity index (χ0v) is 27.4. The first-order chi connectivity index (χ1) is 24.8. The zero-order chi connectivity index (χ0) is 33.5. The number of rotatable bonds is 9. The van der Waals surface area contributed by atoms with Crippen molar-refractivity contribution in [2.75, 3.05) is 9.80 Å². The van der Waals surface area contributed by atoms with Crippen LogP contribution in [0.15, 0.2) is 207 Å². The lowest BCUT2D eigenvalue weighted by Crippen LogP contribution is -2.09. The number of anilines is 6. The first kappa shape index (κ1) is 30.5. The van der Waals surface area contributed by atoms with Gasteiger partial charge in [-0.3, -0.25) is 9.97 Å². The van der Waals surface area contributed by atoms with Crippen LogP contribution >= 0.6 is 0 Å². The highest BCUT2D eigenvalue weighted by atomic mass is 15.1. The maximum Gasteiger partial charge on any atom is 0.0708 e. The molecule has 8 aromatic rings. The number of para-hydroxylation sites is 4. The van der Waals surface area contributed by atoms with Crippen molar-refractivity contribution in [2.45, 2.75) is 0 Å². The Balaban J connectivity index is 1.06. The third-order valence-corrected chi connectivity index (χ3v) is 8.75. The van der Waals surface area contributed by atoms with Crippen LogP contribution in [0.25, 0.3) is 33.6 Å². The fourth-order valence-electron chi connectivity index (χ4n) is 6.30. The molecule has 0 aliphatic rings. The highest BCUT2D eigenvalue weighted by molar-refractivity contribution is 5.80. The largest absolute Gasteiger partial charge is 0.311 e. The molecule has 0 saturated heterocycles. The van der Waals surface area contributed by atoms with Crippen molar-refractivity contribution in [1.82, 2.24) is 9.97 Å². The molecule has 0 spiro atoms. The molecule has 0 aliphatic carbocycles. The summed E-state index contributed by atoms with van der Waals surface area (Å²) < 4.78 is 0. The van der Waals surface area contributed by atoms with Crippen LogP contribution < -0.4 is 9.80 Å². The van der Waals surface area contributed by atoms with Gasteiger partial charge in [0.05, 0.1) is 11.4 Å². The highest BCUT2D eigenvalue weighted by Gasteiger charge is 2.14. The van der Waals surface area contributed by atoms with E-state index in [4.69, 9.17) is 9.97 Å². The van der Waals surface area contributed by atoms with E-state index in [1.807, 2.05) is 36.7 Å². The molecule has 2 aromatic heterocycles. The minimum atomic E-state index is 0.921. The summed E-state index contributed by atoms with van der Waals surface area (Å²) in [4.78, 5) is 14.0. The van der Waals surface area contributed by atoms with Crippen molar-refractivity contribution in [3.63, 3.8) is 0 Å². The van der Waals surface area contributed by atoms with Gasteiger partial charge in [0.1, 0.15) is 0 Å². The topological polar surface area (TPSA) is 32.3 Å². The molecule has 0 N–H and O–H groups in total. The van der Waals surface area contributed by atoms with Crippen LogP contribution in [-0.4, -0.2) is 9.97 Å². The monoisotopic (exact) mass is 642 g/mol. The van der Waals surface area contributed by atoms with Gasteiger partial charge in [-0.2, -0.15) is 0 Å². The molecule has 2 heterocycles. The van der Waals surface area contributed by atoms with Crippen molar-refractivity contribution < 1.29 is 0 Å². The maximum atomic E-state index is 4.75. The lowest BCUT2D eigenvalue weighted by atomic mass is 10.0. The minimum Gasteiger partial charge on any atom is -0.311 e. The van der Waals surface area contributed by atoms with E-state index in [0.29, 0.717) is 0 Å². The van der Waals surface area contributed by atoms with Crippen molar-refractivity contribution in [3.8, 4) is 33.6 Å². The quantitative estimate of drug-likeness (QED) is 0.157. The third kappa shape index (κ3) is 6.51. The van der Waals surface area contributed by atoms with E-state index in [1.165, 1.54) is 0 Å². The molecule has 6 aromatic carbocycles. The van der Waals surface area contributed by atoms with Crippen LogP contribution in [0, 0.1) is 0 Å². The van der Waals surface area contributed by atoms with Crippen LogP contribution in [-0.2, 0) is 0 Å². The lowest BCUT2D eigenvalue weighted by Gasteiger charge is -2.25. The molecule has 238 valence electrons. The van der Waals surface area contributed by atoms with Crippen LogP contribution in [0.4, 0.5) is 34.1 Å². The zero-order valence-electron chi connectivity index (χ0n) is 27.4. The second kappa shape index (κ2) is 14.1. The molecular formula is C46H34N4. The van der Waals surface area contributed by atoms with Crippen LogP contribution in [0.3, 0.4) is 0 Å². The summed E-state index contributed by atoms with van der Waals surface area (Å²) in [5.41, 5.74) is 12.8. The Hall–Kier alpha value is -6.78. The number of nitrogens with zero attached hydrogens (tertiary/aromatic N) is 4. The summed E-state index contributed by atoms with van der Waals surface area (Å²) in [5, 5.41) is 0. The Morgan fingerprint density at radius 2 is 0.540 bits per heavy atom. The van der Waals surface area contributed by atoms with Crippen LogP contribution in [0.2, 0.25) is 0 Å². The van der Waals surface area contributed by atoms with Gasteiger partial charge >= 0.3 is 0 Å². The molecule has 0 saturated carbocycles. The van der Waals surface area contributed by atoms with E-state index in [1.54, 1.807) is 0 Å². The molecule has 50 heavy (non-hydrogen) atoms. The molecule has 4 heteroatoms. The summed E-state index contributed by atoms with van der Waals surface area (Å²) >= 11 is 0. The second-order valence-corrected chi connectivity index (χ2v) is 12.0. The Bertz CT molecular complexity index is 2040. The number of benzene rings is 6. The number of hydrogen-bond donors (Lipinski definition) is 0. The Kier molecular flexibility index (Phi) is 8.64. The summed E-state index contributed by atoms with van der Waals surface area (Å²) in [6.45, 7) is 0. The minimum absolute atomic E-state index is 0.921. The number of aromatic nitrogens is 2. The van der Waals surface area contributed by atoms with Gasteiger partial charge < -0.3 is 9.80 Å². The molecule has 0 fully saturated rings. The van der Waals surface area contributed by atoms with E-state index >= 15 is 0 Å². The molecule has 8 rings (SSSR count). The maximum absolute atomic E-state index is 4.75. The van der Waals surface area contributed by atoms with Gasteiger partial charge in [-0.05, 0) is 108 Å². The van der Waals surface area contributed by atoms with Crippen LogP contribution in [0.5, 0.6) is 0 Å². The molecule has 0 atom stereocenters. The van der Waals surface area contributed by atoms with Gasteiger partial charge in [-0.25, -0.2) is 0 Å². The Labute approximate surface area is 293 Å². The highest BCUT2D eigenvalue weighted by Crippen LogP contribution is 2.37. The fraction of sp³-hybridized carbons (Fsp3) is 0. The van der Waals surface area contributed by atoms with Crippen molar-refractivity contribution >= 4 is 34.1 Å². The van der Waals surface area contributed by atoms with Crippen LogP contribution in [0.1, 0.15) is 0 Å². The smallest absolute Gasteiger partial charge is 0.0708 e. The Morgan fingerprint density at radius 1 is 0.260 bits per heavy atom. The molecule has 4 nitrogen and oxygen atoms in total. The second-order valence-electron chi connectivity index (χ2n) is 12.0. The average Bonchev–Trinajstić information content (AvgIpc) is 3.20. The molecule has 0 radical (unpaired) electrons. The summed E-state index contributed by atoms with van der Waals surface area (Å²) in [7, 11) is 0. The van der Waals surface area contributed by atoms with Gasteiger partial charge in [0, 0.05) is 57.6 Å². The SMILES string of the molecule is c1ccc(N(c2ccccc2)c2ccc(-c3cc(-c4ccnc(-c5ccc(N(c6ccccc6)c6ccccc6)cc5)c4)ccn3)cc2)cc1. The van der Waals surface area contributed by atoms with Gasteiger partial charge in [0.15, 0.2) is 0 Å². The number of hydrogen-bond acceptors (Lipinski definition) is 4. The van der Waals surface area contributed by atoms with Crippen molar-refractivity contribution in [2.24, 2.45) is 0 Å². The van der Waals surface area contributed by atoms with Gasteiger partial charge in [-0.1, -0.05) is 97.1 Å². The van der Waals surface area contributed by atoms with Crippen molar-refractivity contribution in [3.05, 3.63) is 207 Å². The van der Waals surface area contributed by atoms with E-state index in [-0.39, 0.29) is 0 Å². The number of pyridine rings is 2. The normalized spacial score (nSPS) is 10.8. The standard InChI is InChI=1S/C46H34N4/c1-5-13-39(14-6-1)49(40-15-7-2-8-16-40)43-25-21-35(22-26-43)45-33-37(29-31-47-45)38-30-32-48-46(34-38)36-23-27-44(28-24-36)50(41-17-9-3-10-18-41)42-19-11-4-12-20-42/h1-34H. The van der Waals surface area contributed by atoms with E-state index < -0.39 is 0 Å². The summed E-state index contributed by atoms with van der Waals surface area (Å²) in [6, 6.07) is 67.5. The summed E-state index contributed by atoms with van der Waals surface area (Å²) in [6.07, 6.45) is 3.77. The average molecular weight is 643 g/mol. The summed E-state index contributed by atoms with van der Waals surface area (Å²) in [5.74, 6) is 0. The first-order valence-electron chi connectivity index (χ1n) is 16.7. The lowest BCUT2D eigenvalue weighted by molar-refractivity contribution is 1.27. The van der Waals surface area contributed by atoms with Gasteiger partial charge in [0.25, 0.3) is 0 Å². The van der Waals surface area contributed by atoms with Gasteiger partial charge in [0.2, 0.25) is 0 Å². The Morgan fingerprint density at radius 3 is 0.840 bits per heavy atom. The molecule has 0 unspecified atom stereocenters. The third-order valence-electron chi connectivity index (χ3n) is 8.75. The molecule has 0 amide bonds. The van der Waals surface area contributed by atoms with E-state index in [0.717, 1.165) is 67.8 Å². The van der Waals surface area contributed by atoms with E-state index in [2.05, 4.69) is 180 Å². The molecule has 0 bridgehead atoms. The van der Waals surface area contributed by atoms with Crippen molar-refractivity contribution in [1.29, 1.82) is 0 Å². The first-order valence-corrected chi connectivity index (χ1v) is 16.7. The molecular weight excluding hydrogens is 609 g/mol. The van der Waals surface area contributed by atoms with E-state index in [9.17, 15) is 0 Å².